The topological polar surface area (TPSA) is 38.3 Å². The van der Waals surface area contributed by atoms with Crippen LogP contribution in [0.15, 0.2) is 22.7 Å². The number of benzene rings is 1. The minimum Gasteiger partial charge on any atom is -0.376 e. The maximum atomic E-state index is 12.0. The van der Waals surface area contributed by atoms with Gasteiger partial charge in [0, 0.05) is 11.1 Å². The quantitative estimate of drug-likeness (QED) is 0.910. The maximum absolute atomic E-state index is 12.0. The van der Waals surface area contributed by atoms with Gasteiger partial charge in [0.1, 0.15) is 0 Å². The molecule has 0 radical (unpaired) electrons. The van der Waals surface area contributed by atoms with Crippen molar-refractivity contribution in [3.63, 3.8) is 0 Å². The molecule has 2 atom stereocenters. The van der Waals surface area contributed by atoms with Crippen molar-refractivity contribution in [2.24, 2.45) is 0 Å². The summed E-state index contributed by atoms with van der Waals surface area (Å²) in [6, 6.07) is 5.38. The molecular weight excluding hydrogens is 305 g/mol. The lowest BCUT2D eigenvalue weighted by molar-refractivity contribution is 0.0866. The summed E-state index contributed by atoms with van der Waals surface area (Å²) in [5.74, 6) is -0.154. The molecule has 0 spiro atoms. The largest absolute Gasteiger partial charge is 0.376 e. The molecule has 0 aliphatic carbocycles. The molecule has 0 bridgehead atoms. The van der Waals surface area contributed by atoms with E-state index in [0.29, 0.717) is 17.2 Å². The Morgan fingerprint density at radius 1 is 1.59 bits per heavy atom. The third-order valence-corrected chi connectivity index (χ3v) is 4.19. The van der Waals surface area contributed by atoms with Crippen LogP contribution in [0.2, 0.25) is 5.02 Å². The lowest BCUT2D eigenvalue weighted by Crippen LogP contribution is -2.39. The monoisotopic (exact) mass is 317 g/mol. The van der Waals surface area contributed by atoms with Crippen molar-refractivity contribution in [2.75, 3.05) is 6.61 Å². The summed E-state index contributed by atoms with van der Waals surface area (Å²) in [6.45, 7) is 2.65. The second kappa shape index (κ2) is 5.38. The van der Waals surface area contributed by atoms with Gasteiger partial charge in [-0.25, -0.2) is 0 Å². The SMILES string of the molecule is CC1OCCC1NC(=O)c1cccc(Br)c1Cl. The molecule has 0 aromatic heterocycles. The predicted molar refractivity (Wildman–Crippen MR) is 70.4 cm³/mol. The number of ether oxygens (including phenoxy) is 1. The second-order valence-corrected chi connectivity index (χ2v) is 5.28. The molecule has 3 nitrogen and oxygen atoms in total. The number of halogens is 2. The van der Waals surface area contributed by atoms with Crippen LogP contribution >= 0.6 is 27.5 Å². The molecule has 1 saturated heterocycles. The van der Waals surface area contributed by atoms with E-state index in [0.717, 1.165) is 10.9 Å². The summed E-state index contributed by atoms with van der Waals surface area (Å²) in [4.78, 5) is 12.0. The van der Waals surface area contributed by atoms with Crippen molar-refractivity contribution in [2.45, 2.75) is 25.5 Å². The van der Waals surface area contributed by atoms with Crippen LogP contribution in [0.4, 0.5) is 0 Å². The van der Waals surface area contributed by atoms with Crippen molar-refractivity contribution in [3.05, 3.63) is 33.3 Å². The molecule has 1 heterocycles. The van der Waals surface area contributed by atoms with Crippen LogP contribution in [0.5, 0.6) is 0 Å². The van der Waals surface area contributed by atoms with E-state index in [4.69, 9.17) is 16.3 Å². The van der Waals surface area contributed by atoms with Gasteiger partial charge in [0.15, 0.2) is 0 Å². The summed E-state index contributed by atoms with van der Waals surface area (Å²) < 4.78 is 6.12. The minimum atomic E-state index is -0.154. The van der Waals surface area contributed by atoms with Crippen molar-refractivity contribution < 1.29 is 9.53 Å². The molecular formula is C12H13BrClNO2. The fourth-order valence-corrected chi connectivity index (χ4v) is 2.42. The lowest BCUT2D eigenvalue weighted by atomic mass is 10.1. The zero-order chi connectivity index (χ0) is 12.4. The highest BCUT2D eigenvalue weighted by molar-refractivity contribution is 9.10. The third-order valence-electron chi connectivity index (χ3n) is 2.89. The van der Waals surface area contributed by atoms with Crippen LogP contribution < -0.4 is 5.32 Å². The lowest BCUT2D eigenvalue weighted by Gasteiger charge is -2.16. The maximum Gasteiger partial charge on any atom is 0.253 e. The van der Waals surface area contributed by atoms with Crippen LogP contribution in [0, 0.1) is 0 Å². The van der Waals surface area contributed by atoms with E-state index in [-0.39, 0.29) is 18.1 Å². The van der Waals surface area contributed by atoms with Gasteiger partial charge in [-0.2, -0.15) is 0 Å². The second-order valence-electron chi connectivity index (χ2n) is 4.05. The fraction of sp³-hybridized carbons (Fsp3) is 0.417. The summed E-state index contributed by atoms with van der Waals surface area (Å²) in [5.41, 5.74) is 0.486. The summed E-state index contributed by atoms with van der Waals surface area (Å²) in [6.07, 6.45) is 0.906. The van der Waals surface area contributed by atoms with E-state index in [1.807, 2.05) is 6.92 Å². The van der Waals surface area contributed by atoms with Crippen molar-refractivity contribution in [1.82, 2.24) is 5.32 Å². The highest BCUT2D eigenvalue weighted by atomic mass is 79.9. The first-order chi connectivity index (χ1) is 8.09. The molecule has 0 saturated carbocycles. The van der Waals surface area contributed by atoms with Crippen LogP contribution in [0.3, 0.4) is 0 Å². The first-order valence-corrected chi connectivity index (χ1v) is 6.63. The van der Waals surface area contributed by atoms with Gasteiger partial charge in [-0.3, -0.25) is 4.79 Å². The van der Waals surface area contributed by atoms with Crippen molar-refractivity contribution >= 4 is 33.4 Å². The Kier molecular flexibility index (Phi) is 4.07. The van der Waals surface area contributed by atoms with E-state index in [2.05, 4.69) is 21.2 Å². The first-order valence-electron chi connectivity index (χ1n) is 5.46. The van der Waals surface area contributed by atoms with E-state index in [9.17, 15) is 4.79 Å². The number of amides is 1. The highest BCUT2D eigenvalue weighted by Gasteiger charge is 2.26. The van der Waals surface area contributed by atoms with Crippen molar-refractivity contribution in [1.29, 1.82) is 0 Å². The first kappa shape index (κ1) is 12.9. The number of carbonyl (C=O) groups excluding carboxylic acids is 1. The highest BCUT2D eigenvalue weighted by Crippen LogP contribution is 2.26. The van der Waals surface area contributed by atoms with Crippen molar-refractivity contribution in [3.8, 4) is 0 Å². The number of hydrogen-bond acceptors (Lipinski definition) is 2. The summed E-state index contributed by atoms with van der Waals surface area (Å²) in [5, 5.41) is 3.39. The van der Waals surface area contributed by atoms with Gasteiger partial charge in [0.2, 0.25) is 0 Å². The molecule has 1 aromatic rings. The zero-order valence-corrected chi connectivity index (χ0v) is 11.7. The molecule has 1 aliphatic heterocycles. The summed E-state index contributed by atoms with van der Waals surface area (Å²) >= 11 is 9.37. The van der Waals surface area contributed by atoms with Crippen LogP contribution in [-0.2, 0) is 4.74 Å². The third kappa shape index (κ3) is 2.81. The Labute approximate surface area is 114 Å². The van der Waals surface area contributed by atoms with Gasteiger partial charge in [-0.05, 0) is 41.4 Å². The molecule has 2 rings (SSSR count). The number of carbonyl (C=O) groups is 1. The summed E-state index contributed by atoms with van der Waals surface area (Å²) in [7, 11) is 0. The number of rotatable bonds is 2. The fourth-order valence-electron chi connectivity index (χ4n) is 1.85. The minimum absolute atomic E-state index is 0.0601. The van der Waals surface area contributed by atoms with Crippen LogP contribution in [-0.4, -0.2) is 24.7 Å². The van der Waals surface area contributed by atoms with E-state index >= 15 is 0 Å². The van der Waals surface area contributed by atoms with E-state index in [1.54, 1.807) is 18.2 Å². The normalized spacial score (nSPS) is 23.7. The van der Waals surface area contributed by atoms with Crippen LogP contribution in [0.25, 0.3) is 0 Å². The molecule has 2 unspecified atom stereocenters. The van der Waals surface area contributed by atoms with Gasteiger partial charge < -0.3 is 10.1 Å². The Bertz CT molecular complexity index is 439. The molecule has 17 heavy (non-hydrogen) atoms. The molecule has 92 valence electrons. The standard InChI is InChI=1S/C12H13BrClNO2/c1-7-10(5-6-17-7)15-12(16)8-3-2-4-9(13)11(8)14/h2-4,7,10H,5-6H2,1H3,(H,15,16). The smallest absolute Gasteiger partial charge is 0.253 e. The van der Waals surface area contributed by atoms with Gasteiger partial charge in [0.05, 0.1) is 22.7 Å². The number of nitrogens with one attached hydrogen (secondary N) is 1. The van der Waals surface area contributed by atoms with Gasteiger partial charge in [-0.1, -0.05) is 17.7 Å². The molecule has 1 fully saturated rings. The Morgan fingerprint density at radius 2 is 2.35 bits per heavy atom. The van der Waals surface area contributed by atoms with E-state index < -0.39 is 0 Å². The van der Waals surface area contributed by atoms with Gasteiger partial charge >= 0.3 is 0 Å². The van der Waals surface area contributed by atoms with Gasteiger partial charge in [0.25, 0.3) is 5.91 Å². The Balaban J connectivity index is 2.12. The predicted octanol–water partition coefficient (Wildman–Crippen LogP) is 3.01. The van der Waals surface area contributed by atoms with E-state index in [1.165, 1.54) is 0 Å². The average molecular weight is 319 g/mol. The average Bonchev–Trinajstić information content (AvgIpc) is 2.68. The Hall–Kier alpha value is -0.580. The van der Waals surface area contributed by atoms with Gasteiger partial charge in [-0.15, -0.1) is 0 Å². The van der Waals surface area contributed by atoms with Crippen LogP contribution in [0.1, 0.15) is 23.7 Å². The molecule has 1 N–H and O–H groups in total. The molecule has 1 aromatic carbocycles. The molecule has 1 amide bonds. The molecule has 5 heteroatoms. The Morgan fingerprint density at radius 3 is 3.00 bits per heavy atom. The zero-order valence-electron chi connectivity index (χ0n) is 9.37. The number of hydrogen-bond donors (Lipinski definition) is 1. The molecule has 1 aliphatic rings.